The molecule has 2 saturated carbocycles. The van der Waals surface area contributed by atoms with Gasteiger partial charge in [0.1, 0.15) is 9.88 Å². The summed E-state index contributed by atoms with van der Waals surface area (Å²) in [4.78, 5) is 34.5. The molecule has 0 bridgehead atoms. The maximum absolute atomic E-state index is 12.5. The Kier molecular flexibility index (Phi) is 5.18. The summed E-state index contributed by atoms with van der Waals surface area (Å²) < 4.78 is 0. The van der Waals surface area contributed by atoms with Crippen molar-refractivity contribution in [2.45, 2.75) is 37.8 Å². The van der Waals surface area contributed by atoms with Gasteiger partial charge in [0.05, 0.1) is 12.7 Å². The highest BCUT2D eigenvalue weighted by Gasteiger charge is 2.37. The van der Waals surface area contributed by atoms with Gasteiger partial charge >= 0.3 is 5.97 Å². The first-order valence-corrected chi connectivity index (χ1v) is 10.0. The molecule has 8 heteroatoms. The Hall–Kier alpha value is -2.32. The number of aromatic nitrogens is 2. The highest BCUT2D eigenvalue weighted by molar-refractivity contribution is 7.16. The molecule has 0 radical (unpaired) electrons. The van der Waals surface area contributed by atoms with Gasteiger partial charge in [0.2, 0.25) is 0 Å². The highest BCUT2D eigenvalue weighted by atomic mass is 32.1. The van der Waals surface area contributed by atoms with Crippen molar-refractivity contribution < 1.29 is 14.7 Å². The van der Waals surface area contributed by atoms with E-state index in [4.69, 9.17) is 5.11 Å². The van der Waals surface area contributed by atoms with Crippen molar-refractivity contribution in [1.82, 2.24) is 20.2 Å². The standard InChI is InChI=1S/C19H22N4O3S/c24-17(25)11-23(10-12-1-2-12)15-7-14(8-15)22-18(26)16-9-21-19(27-16)13-3-5-20-6-4-13/h3-6,9,12,14-15H,1-2,7-8,10-11H2,(H,22,26)(H,24,25). The number of pyridine rings is 1. The number of thiazole rings is 1. The van der Waals surface area contributed by atoms with Crippen LogP contribution in [0.5, 0.6) is 0 Å². The van der Waals surface area contributed by atoms with E-state index in [1.54, 1.807) is 18.6 Å². The third kappa shape index (κ3) is 4.51. The van der Waals surface area contributed by atoms with Crippen LogP contribution >= 0.6 is 11.3 Å². The Labute approximate surface area is 161 Å². The molecule has 2 fully saturated rings. The molecule has 0 aromatic carbocycles. The van der Waals surface area contributed by atoms with E-state index in [2.05, 4.69) is 20.2 Å². The van der Waals surface area contributed by atoms with Gasteiger partial charge in [-0.25, -0.2) is 4.98 Å². The summed E-state index contributed by atoms with van der Waals surface area (Å²) in [7, 11) is 0. The van der Waals surface area contributed by atoms with Crippen LogP contribution < -0.4 is 5.32 Å². The summed E-state index contributed by atoms with van der Waals surface area (Å²) in [5.41, 5.74) is 0.946. The molecule has 7 nitrogen and oxygen atoms in total. The largest absolute Gasteiger partial charge is 0.480 e. The molecule has 2 aromatic heterocycles. The van der Waals surface area contributed by atoms with E-state index >= 15 is 0 Å². The van der Waals surface area contributed by atoms with Gasteiger partial charge in [0, 0.05) is 36.6 Å². The van der Waals surface area contributed by atoms with Crippen molar-refractivity contribution in [1.29, 1.82) is 0 Å². The molecule has 4 rings (SSSR count). The summed E-state index contributed by atoms with van der Waals surface area (Å²) >= 11 is 1.36. The molecule has 0 aliphatic heterocycles. The average Bonchev–Trinajstić information content (AvgIpc) is 3.29. The lowest BCUT2D eigenvalue weighted by Gasteiger charge is -2.42. The van der Waals surface area contributed by atoms with E-state index in [0.29, 0.717) is 10.8 Å². The zero-order valence-electron chi connectivity index (χ0n) is 14.9. The Bertz CT molecular complexity index is 815. The van der Waals surface area contributed by atoms with Gasteiger partial charge in [-0.1, -0.05) is 0 Å². The Morgan fingerprint density at radius 1 is 1.26 bits per heavy atom. The zero-order valence-corrected chi connectivity index (χ0v) is 15.7. The van der Waals surface area contributed by atoms with Gasteiger partial charge in [-0.2, -0.15) is 0 Å². The number of nitrogens with zero attached hydrogens (tertiary/aromatic N) is 3. The summed E-state index contributed by atoms with van der Waals surface area (Å²) in [6, 6.07) is 4.09. The molecule has 142 valence electrons. The molecule has 0 spiro atoms. The monoisotopic (exact) mass is 386 g/mol. The van der Waals surface area contributed by atoms with Gasteiger partial charge in [0.15, 0.2) is 0 Å². The first-order chi connectivity index (χ1) is 13.1. The van der Waals surface area contributed by atoms with Crippen molar-refractivity contribution in [3.8, 4) is 10.6 Å². The number of hydrogen-bond donors (Lipinski definition) is 2. The van der Waals surface area contributed by atoms with Crippen LogP contribution in [0, 0.1) is 5.92 Å². The van der Waals surface area contributed by atoms with Crippen LogP contribution in [0.2, 0.25) is 0 Å². The number of aliphatic carboxylic acids is 1. The summed E-state index contributed by atoms with van der Waals surface area (Å²) in [5, 5.41) is 13.0. The minimum absolute atomic E-state index is 0.0893. The Balaban J connectivity index is 1.30. The number of carboxylic acids is 1. The highest BCUT2D eigenvalue weighted by Crippen LogP contribution is 2.34. The molecule has 0 atom stereocenters. The molecule has 0 unspecified atom stereocenters. The summed E-state index contributed by atoms with van der Waals surface area (Å²) in [6.07, 6.45) is 9.03. The van der Waals surface area contributed by atoms with Crippen LogP contribution in [-0.2, 0) is 4.79 Å². The van der Waals surface area contributed by atoms with Gasteiger partial charge in [-0.3, -0.25) is 19.5 Å². The molecule has 27 heavy (non-hydrogen) atoms. The maximum atomic E-state index is 12.5. The molecule has 2 aliphatic rings. The fraction of sp³-hybridized carbons (Fsp3) is 0.474. The fourth-order valence-electron chi connectivity index (χ4n) is 3.42. The molecular formula is C19H22N4O3S. The van der Waals surface area contributed by atoms with Crippen LogP contribution in [0.3, 0.4) is 0 Å². The van der Waals surface area contributed by atoms with Gasteiger partial charge < -0.3 is 10.4 Å². The maximum Gasteiger partial charge on any atom is 0.317 e. The lowest BCUT2D eigenvalue weighted by molar-refractivity contribution is -0.139. The third-order valence-electron chi connectivity index (χ3n) is 5.15. The van der Waals surface area contributed by atoms with Crippen LogP contribution in [-0.4, -0.2) is 57.0 Å². The third-order valence-corrected chi connectivity index (χ3v) is 6.19. The number of nitrogens with one attached hydrogen (secondary N) is 1. The van der Waals surface area contributed by atoms with Crippen molar-refractivity contribution in [2.24, 2.45) is 5.92 Å². The number of hydrogen-bond acceptors (Lipinski definition) is 6. The van der Waals surface area contributed by atoms with E-state index < -0.39 is 5.97 Å². The quantitative estimate of drug-likeness (QED) is 0.723. The minimum Gasteiger partial charge on any atom is -0.480 e. The van der Waals surface area contributed by atoms with Crippen molar-refractivity contribution in [3.05, 3.63) is 35.6 Å². The molecule has 2 heterocycles. The van der Waals surface area contributed by atoms with Gasteiger partial charge in [0.25, 0.3) is 5.91 Å². The fourth-order valence-corrected chi connectivity index (χ4v) is 4.24. The van der Waals surface area contributed by atoms with E-state index in [0.717, 1.165) is 30.0 Å². The topological polar surface area (TPSA) is 95.4 Å². The Morgan fingerprint density at radius 3 is 2.67 bits per heavy atom. The van der Waals surface area contributed by atoms with Crippen LogP contribution in [0.25, 0.3) is 10.6 Å². The lowest BCUT2D eigenvalue weighted by atomic mass is 9.85. The lowest BCUT2D eigenvalue weighted by Crippen LogP contribution is -2.55. The first-order valence-electron chi connectivity index (χ1n) is 9.21. The van der Waals surface area contributed by atoms with E-state index in [9.17, 15) is 9.59 Å². The van der Waals surface area contributed by atoms with E-state index in [1.807, 2.05) is 12.1 Å². The van der Waals surface area contributed by atoms with E-state index in [-0.39, 0.29) is 24.5 Å². The van der Waals surface area contributed by atoms with Gasteiger partial charge in [-0.05, 0) is 43.7 Å². The predicted octanol–water partition coefficient (Wildman–Crippen LogP) is 2.26. The molecule has 2 aliphatic carbocycles. The molecule has 2 N–H and O–H groups in total. The van der Waals surface area contributed by atoms with Crippen LogP contribution in [0.15, 0.2) is 30.7 Å². The SMILES string of the molecule is O=C(O)CN(CC1CC1)C1CC(NC(=O)c2cnc(-c3ccncc3)s2)C1. The summed E-state index contributed by atoms with van der Waals surface area (Å²) in [5.74, 6) is -0.235. The number of rotatable bonds is 8. The summed E-state index contributed by atoms with van der Waals surface area (Å²) in [6.45, 7) is 0.952. The second kappa shape index (κ2) is 7.74. The van der Waals surface area contributed by atoms with Gasteiger partial charge in [-0.15, -0.1) is 11.3 Å². The second-order valence-corrected chi connectivity index (χ2v) is 8.36. The number of amides is 1. The van der Waals surface area contributed by atoms with E-state index in [1.165, 1.54) is 24.2 Å². The molecule has 1 amide bonds. The average molecular weight is 386 g/mol. The predicted molar refractivity (Wildman–Crippen MR) is 102 cm³/mol. The number of carboxylic acid groups (broad SMARTS) is 1. The van der Waals surface area contributed by atoms with Crippen LogP contribution in [0.4, 0.5) is 0 Å². The molecule has 0 saturated heterocycles. The normalized spacial score (nSPS) is 21.7. The smallest absolute Gasteiger partial charge is 0.317 e. The van der Waals surface area contributed by atoms with Crippen molar-refractivity contribution >= 4 is 23.2 Å². The second-order valence-electron chi connectivity index (χ2n) is 7.33. The minimum atomic E-state index is -0.781. The zero-order chi connectivity index (χ0) is 18.8. The van der Waals surface area contributed by atoms with Crippen molar-refractivity contribution in [3.63, 3.8) is 0 Å². The molecule has 2 aromatic rings. The Morgan fingerprint density at radius 2 is 2.00 bits per heavy atom. The number of carbonyl (C=O) groups is 2. The number of carbonyl (C=O) groups excluding carboxylic acids is 1. The van der Waals surface area contributed by atoms with Crippen LogP contribution in [0.1, 0.15) is 35.4 Å². The van der Waals surface area contributed by atoms with Crippen molar-refractivity contribution in [2.75, 3.05) is 13.1 Å². The molecular weight excluding hydrogens is 364 g/mol. The first kappa shape index (κ1) is 18.1.